The lowest BCUT2D eigenvalue weighted by atomic mass is 10.2. The normalized spacial score (nSPS) is 10.4. The SMILES string of the molecule is CNC(=O)c1ccc(N)c(OCCCN(C)C)c1. The molecule has 1 aromatic rings. The molecule has 0 heterocycles. The number of rotatable bonds is 6. The van der Waals surface area contributed by atoms with Gasteiger partial charge in [-0.1, -0.05) is 0 Å². The van der Waals surface area contributed by atoms with E-state index < -0.39 is 0 Å². The summed E-state index contributed by atoms with van der Waals surface area (Å²) in [4.78, 5) is 13.6. The number of benzene rings is 1. The van der Waals surface area contributed by atoms with Crippen molar-refractivity contribution in [3.63, 3.8) is 0 Å². The second-order valence-corrected chi connectivity index (χ2v) is 4.34. The molecule has 0 spiro atoms. The number of nitrogens with one attached hydrogen (secondary N) is 1. The molecule has 0 atom stereocenters. The maximum atomic E-state index is 11.5. The van der Waals surface area contributed by atoms with Crippen molar-refractivity contribution in [3.8, 4) is 5.75 Å². The van der Waals surface area contributed by atoms with E-state index in [1.165, 1.54) is 0 Å². The number of ether oxygens (including phenoxy) is 1. The highest BCUT2D eigenvalue weighted by Gasteiger charge is 2.07. The Morgan fingerprint density at radius 2 is 2.17 bits per heavy atom. The molecule has 1 rings (SSSR count). The molecule has 0 saturated heterocycles. The van der Waals surface area contributed by atoms with Crippen molar-refractivity contribution in [1.82, 2.24) is 10.2 Å². The zero-order valence-electron chi connectivity index (χ0n) is 11.2. The third-order valence-corrected chi connectivity index (χ3v) is 2.51. The topological polar surface area (TPSA) is 67.6 Å². The number of nitrogens with two attached hydrogens (primary N) is 1. The van der Waals surface area contributed by atoms with Crippen LogP contribution in [0.4, 0.5) is 5.69 Å². The Hall–Kier alpha value is -1.75. The summed E-state index contributed by atoms with van der Waals surface area (Å²) < 4.78 is 5.59. The molecule has 0 aromatic heterocycles. The van der Waals surface area contributed by atoms with Crippen molar-refractivity contribution >= 4 is 11.6 Å². The summed E-state index contributed by atoms with van der Waals surface area (Å²) in [5, 5.41) is 2.57. The monoisotopic (exact) mass is 251 g/mol. The summed E-state index contributed by atoms with van der Waals surface area (Å²) in [5.74, 6) is 0.419. The number of hydrogen-bond acceptors (Lipinski definition) is 4. The van der Waals surface area contributed by atoms with E-state index in [4.69, 9.17) is 10.5 Å². The maximum absolute atomic E-state index is 11.5. The molecule has 0 fully saturated rings. The van der Waals surface area contributed by atoms with Crippen molar-refractivity contribution in [3.05, 3.63) is 23.8 Å². The molecule has 18 heavy (non-hydrogen) atoms. The highest BCUT2D eigenvalue weighted by Crippen LogP contribution is 2.22. The van der Waals surface area contributed by atoms with Gasteiger partial charge in [-0.25, -0.2) is 0 Å². The molecule has 0 aliphatic carbocycles. The van der Waals surface area contributed by atoms with Crippen molar-refractivity contribution in [1.29, 1.82) is 0 Å². The van der Waals surface area contributed by atoms with Crippen LogP contribution in [-0.2, 0) is 0 Å². The average molecular weight is 251 g/mol. The molecule has 5 heteroatoms. The molecular weight excluding hydrogens is 230 g/mol. The van der Waals surface area contributed by atoms with Crippen LogP contribution in [0.3, 0.4) is 0 Å². The van der Waals surface area contributed by atoms with Gasteiger partial charge in [0, 0.05) is 19.2 Å². The Morgan fingerprint density at radius 1 is 1.44 bits per heavy atom. The van der Waals surface area contributed by atoms with E-state index in [0.717, 1.165) is 13.0 Å². The Kier molecular flexibility index (Phi) is 5.45. The van der Waals surface area contributed by atoms with Gasteiger partial charge < -0.3 is 20.7 Å². The van der Waals surface area contributed by atoms with Gasteiger partial charge in [-0.3, -0.25) is 4.79 Å². The quantitative estimate of drug-likeness (QED) is 0.583. The zero-order valence-corrected chi connectivity index (χ0v) is 11.2. The molecule has 0 saturated carbocycles. The first kappa shape index (κ1) is 14.3. The third-order valence-electron chi connectivity index (χ3n) is 2.51. The van der Waals surface area contributed by atoms with Crippen LogP contribution < -0.4 is 15.8 Å². The smallest absolute Gasteiger partial charge is 0.251 e. The van der Waals surface area contributed by atoms with Gasteiger partial charge in [-0.2, -0.15) is 0 Å². The minimum Gasteiger partial charge on any atom is -0.491 e. The van der Waals surface area contributed by atoms with Crippen molar-refractivity contribution in [2.75, 3.05) is 40.0 Å². The van der Waals surface area contributed by atoms with Gasteiger partial charge in [0.1, 0.15) is 5.75 Å². The van der Waals surface area contributed by atoms with E-state index in [9.17, 15) is 4.79 Å². The molecule has 0 radical (unpaired) electrons. The van der Waals surface area contributed by atoms with Gasteiger partial charge in [0.25, 0.3) is 5.91 Å². The standard InChI is InChI=1S/C13H21N3O2/c1-15-13(17)10-5-6-11(14)12(9-10)18-8-4-7-16(2)3/h5-6,9H,4,7-8,14H2,1-3H3,(H,15,17). The lowest BCUT2D eigenvalue weighted by Gasteiger charge is -2.12. The van der Waals surface area contributed by atoms with Crippen molar-refractivity contribution in [2.24, 2.45) is 0 Å². The van der Waals surface area contributed by atoms with E-state index in [-0.39, 0.29) is 5.91 Å². The predicted octanol–water partition coefficient (Wildman–Crippen LogP) is 0.959. The van der Waals surface area contributed by atoms with Crippen LogP contribution in [0.15, 0.2) is 18.2 Å². The summed E-state index contributed by atoms with van der Waals surface area (Å²) in [6, 6.07) is 5.04. The fraction of sp³-hybridized carbons (Fsp3) is 0.462. The van der Waals surface area contributed by atoms with Crippen LogP contribution in [0.2, 0.25) is 0 Å². The molecule has 5 nitrogen and oxygen atoms in total. The number of hydrogen-bond donors (Lipinski definition) is 2. The molecule has 1 amide bonds. The van der Waals surface area contributed by atoms with Crippen LogP contribution in [0, 0.1) is 0 Å². The summed E-state index contributed by atoms with van der Waals surface area (Å²) in [6.45, 7) is 1.54. The lowest BCUT2D eigenvalue weighted by Crippen LogP contribution is -2.18. The summed E-state index contributed by atoms with van der Waals surface area (Å²) in [7, 11) is 5.62. The minimum atomic E-state index is -0.145. The molecular formula is C13H21N3O2. The largest absolute Gasteiger partial charge is 0.491 e. The number of carbonyl (C=O) groups is 1. The predicted molar refractivity (Wildman–Crippen MR) is 72.9 cm³/mol. The van der Waals surface area contributed by atoms with E-state index in [1.807, 2.05) is 14.1 Å². The highest BCUT2D eigenvalue weighted by molar-refractivity contribution is 5.95. The Labute approximate surface area is 108 Å². The highest BCUT2D eigenvalue weighted by atomic mass is 16.5. The van der Waals surface area contributed by atoms with Crippen molar-refractivity contribution < 1.29 is 9.53 Å². The number of nitrogen functional groups attached to an aromatic ring is 1. The number of carbonyl (C=O) groups excluding carboxylic acids is 1. The second kappa shape index (κ2) is 6.86. The minimum absolute atomic E-state index is 0.145. The molecule has 1 aromatic carbocycles. The molecule has 3 N–H and O–H groups in total. The lowest BCUT2D eigenvalue weighted by molar-refractivity contribution is 0.0962. The second-order valence-electron chi connectivity index (χ2n) is 4.34. The summed E-state index contributed by atoms with van der Waals surface area (Å²) in [5.41, 5.74) is 6.90. The molecule has 100 valence electrons. The first-order valence-corrected chi connectivity index (χ1v) is 5.93. The number of nitrogens with zero attached hydrogens (tertiary/aromatic N) is 1. The average Bonchev–Trinajstić information content (AvgIpc) is 2.35. The van der Waals surface area contributed by atoms with Gasteiger partial charge in [0.2, 0.25) is 0 Å². The van der Waals surface area contributed by atoms with Gasteiger partial charge >= 0.3 is 0 Å². The first-order valence-electron chi connectivity index (χ1n) is 5.93. The Morgan fingerprint density at radius 3 is 2.78 bits per heavy atom. The van der Waals surface area contributed by atoms with Gasteiger partial charge in [-0.15, -0.1) is 0 Å². The van der Waals surface area contributed by atoms with Gasteiger partial charge in [0.15, 0.2) is 0 Å². The number of amides is 1. The van der Waals surface area contributed by atoms with Crippen LogP contribution in [-0.4, -0.2) is 45.1 Å². The van der Waals surface area contributed by atoms with Gasteiger partial charge in [0.05, 0.1) is 12.3 Å². The van der Waals surface area contributed by atoms with Crippen molar-refractivity contribution in [2.45, 2.75) is 6.42 Å². The van der Waals surface area contributed by atoms with Crippen LogP contribution in [0.1, 0.15) is 16.8 Å². The van der Waals surface area contributed by atoms with E-state index in [0.29, 0.717) is 23.6 Å². The molecule has 0 bridgehead atoms. The van der Waals surface area contributed by atoms with Crippen LogP contribution >= 0.6 is 0 Å². The molecule has 0 unspecified atom stereocenters. The Balaban J connectivity index is 2.61. The fourth-order valence-electron chi connectivity index (χ4n) is 1.51. The maximum Gasteiger partial charge on any atom is 0.251 e. The first-order chi connectivity index (χ1) is 8.54. The fourth-order valence-corrected chi connectivity index (χ4v) is 1.51. The summed E-state index contributed by atoms with van der Waals surface area (Å²) in [6.07, 6.45) is 0.913. The Bertz CT molecular complexity index is 405. The van der Waals surface area contributed by atoms with Gasteiger partial charge in [-0.05, 0) is 38.7 Å². The van der Waals surface area contributed by atoms with Crippen LogP contribution in [0.5, 0.6) is 5.75 Å². The van der Waals surface area contributed by atoms with E-state index in [1.54, 1.807) is 25.2 Å². The third kappa shape index (κ3) is 4.25. The van der Waals surface area contributed by atoms with E-state index >= 15 is 0 Å². The summed E-state index contributed by atoms with van der Waals surface area (Å²) >= 11 is 0. The van der Waals surface area contributed by atoms with Crippen LogP contribution in [0.25, 0.3) is 0 Å². The molecule has 0 aliphatic rings. The van der Waals surface area contributed by atoms with E-state index in [2.05, 4.69) is 10.2 Å². The zero-order chi connectivity index (χ0) is 13.5. The number of anilines is 1. The molecule has 0 aliphatic heterocycles.